The molecule has 60 heavy (non-hydrogen) atoms. The molecule has 1 saturated heterocycles. The fourth-order valence-electron chi connectivity index (χ4n) is 8.03. The van der Waals surface area contributed by atoms with E-state index in [-0.39, 0.29) is 51.0 Å². The number of rotatable bonds is 4. The zero-order valence-electron chi connectivity index (χ0n) is 35.7. The van der Waals surface area contributed by atoms with Crippen LogP contribution < -0.4 is 10.1 Å². The number of benzene rings is 2. The molecule has 4 aliphatic heterocycles. The van der Waals surface area contributed by atoms with Gasteiger partial charge in [-0.2, -0.15) is 5.10 Å². The van der Waals surface area contributed by atoms with Gasteiger partial charge < -0.3 is 59.8 Å². The Morgan fingerprint density at radius 2 is 1.65 bits per heavy atom. The number of allylic oxidation sites excluding steroid dienone is 2. The minimum atomic E-state index is -2.08. The van der Waals surface area contributed by atoms with E-state index < -0.39 is 95.0 Å². The number of ether oxygens (including phenoxy) is 4. The summed E-state index contributed by atoms with van der Waals surface area (Å²) in [6.07, 6.45) is 3.49. The Morgan fingerprint density at radius 3 is 2.28 bits per heavy atom. The normalized spacial score (nSPS) is 33.0. The molecule has 2 aromatic rings. The fourth-order valence-corrected chi connectivity index (χ4v) is 8.03. The van der Waals surface area contributed by atoms with Crippen LogP contribution in [0, 0.1) is 30.6 Å². The number of carbonyl (C=O) groups excluding carboxylic acids is 3. The van der Waals surface area contributed by atoms with Gasteiger partial charge in [0, 0.05) is 74.2 Å². The van der Waals surface area contributed by atoms with E-state index in [0.29, 0.717) is 13.1 Å². The zero-order valence-corrected chi connectivity index (χ0v) is 35.7. The lowest BCUT2D eigenvalue weighted by molar-refractivity contribution is -0.160. The van der Waals surface area contributed by atoms with Crippen LogP contribution in [0.4, 0.5) is 5.69 Å². The Morgan fingerprint density at radius 1 is 0.967 bits per heavy atom. The molecule has 4 heterocycles. The summed E-state index contributed by atoms with van der Waals surface area (Å²) in [6, 6.07) is 0. The van der Waals surface area contributed by atoms with Crippen LogP contribution in [0.1, 0.15) is 70.0 Å². The average molecular weight is 839 g/mol. The number of aromatic hydroxyl groups is 3. The molecule has 0 saturated carbocycles. The predicted molar refractivity (Wildman–Crippen MR) is 222 cm³/mol. The van der Waals surface area contributed by atoms with E-state index in [1.807, 2.05) is 11.9 Å². The maximum atomic E-state index is 14.4. The number of phenols is 3. The number of aliphatic hydroxyl groups excluding tert-OH is 3. The van der Waals surface area contributed by atoms with Crippen molar-refractivity contribution >= 4 is 40.3 Å². The van der Waals surface area contributed by atoms with Crippen molar-refractivity contribution in [1.82, 2.24) is 9.91 Å². The summed E-state index contributed by atoms with van der Waals surface area (Å²) in [5, 5.41) is 76.8. The quantitative estimate of drug-likeness (QED) is 0.101. The molecule has 17 nitrogen and oxygen atoms in total. The largest absolute Gasteiger partial charge is 0.507 e. The van der Waals surface area contributed by atoms with E-state index in [4.69, 9.17) is 18.9 Å². The first-order valence-electron chi connectivity index (χ1n) is 19.9. The van der Waals surface area contributed by atoms with Gasteiger partial charge in [-0.25, -0.2) is 0 Å². The molecule has 4 aliphatic rings. The van der Waals surface area contributed by atoms with Crippen LogP contribution in [0.5, 0.6) is 23.0 Å². The van der Waals surface area contributed by atoms with Crippen LogP contribution in [-0.2, 0) is 23.8 Å². The summed E-state index contributed by atoms with van der Waals surface area (Å²) in [5.74, 6) is -8.79. The van der Waals surface area contributed by atoms with Crippen LogP contribution in [-0.4, -0.2) is 135 Å². The summed E-state index contributed by atoms with van der Waals surface area (Å²) >= 11 is 0. The SMILES string of the molecule is CO[C@H]1/C=C/O[C@@]2(C)Oc3c(C)c(O)c4c(O)c(c(/C=N/N5CCN(C)CC5O)c(O)c4c3C2=O)NC(=O)/C(C)=C\C=C\[C@H](C)[C@H](O)[C@@H](C)[C@@H](O)[C@@H](C)[C@H](OC(C)=O)[C@@H]1C. The summed E-state index contributed by atoms with van der Waals surface area (Å²) in [5.41, 5.74) is -0.674. The molecule has 0 spiro atoms. The van der Waals surface area contributed by atoms with Gasteiger partial charge in [-0.1, -0.05) is 45.9 Å². The molecular formula is C43H58N4O13. The lowest BCUT2D eigenvalue weighted by atomic mass is 9.78. The first-order valence-corrected chi connectivity index (χ1v) is 19.9. The molecule has 7 N–H and O–H groups in total. The highest BCUT2D eigenvalue weighted by molar-refractivity contribution is 6.23. The van der Waals surface area contributed by atoms with Gasteiger partial charge in [0.25, 0.3) is 11.7 Å². The van der Waals surface area contributed by atoms with E-state index in [2.05, 4.69) is 10.4 Å². The molecule has 10 atom stereocenters. The number of hydrazone groups is 1. The van der Waals surface area contributed by atoms with Gasteiger partial charge >= 0.3 is 11.8 Å². The van der Waals surface area contributed by atoms with Crippen molar-refractivity contribution in [2.45, 2.75) is 91.8 Å². The minimum Gasteiger partial charge on any atom is -0.507 e. The predicted octanol–water partition coefficient (Wildman–Crippen LogP) is 3.65. The molecule has 1 fully saturated rings. The monoisotopic (exact) mass is 838 g/mol. The second-order valence-electron chi connectivity index (χ2n) is 16.3. The molecule has 1 amide bonds. The van der Waals surface area contributed by atoms with Crippen molar-refractivity contribution in [2.75, 3.05) is 39.1 Å². The molecule has 17 heteroatoms. The number of esters is 1. The van der Waals surface area contributed by atoms with Crippen LogP contribution in [0.15, 0.2) is 41.2 Å². The number of aliphatic hydroxyl groups is 3. The number of piperazine rings is 1. The molecule has 2 aromatic carbocycles. The number of β-amino-alcohol motifs (C(OH)–C–C–N with tert-alkyl or cyclic N) is 1. The molecule has 328 valence electrons. The smallest absolute Gasteiger partial charge is 0.312 e. The van der Waals surface area contributed by atoms with E-state index in [1.165, 1.54) is 58.2 Å². The van der Waals surface area contributed by atoms with Crippen LogP contribution in [0.3, 0.4) is 0 Å². The first-order chi connectivity index (χ1) is 28.1. The number of phenolic OH excluding ortho intramolecular Hbond substituents is 3. The Labute approximate surface area is 349 Å². The number of nitrogens with zero attached hydrogens (tertiary/aromatic N) is 3. The standard InChI is InChI=1S/C43H58N4O13/c1-20-12-11-13-21(2)42(56)45-33-27(18-44-47-16-15-46(9)19-29(47)49)37(53)30-31(38(33)54)36(52)25(6)40-32(30)41(55)43(8,60-40)58-17-14-28(57-10)22(3)39(59-26(7)48)24(5)35(51)23(4)34(20)50/h11-14,17-18,20,22-24,28-29,34-35,39,49-54H,15-16,19H2,1-10H3,(H,45,56)/b12-11+,17-14+,21-13-,44-18+/t20-,22+,23+,24+,28-,29?,34-,35+,39+,43-/m0/s1. The first kappa shape index (κ1) is 45.9. The molecule has 1 unspecified atom stereocenters. The fraction of sp³-hybridized carbons (Fsp3) is 0.535. The topological polar surface area (TPSA) is 240 Å². The molecule has 0 aliphatic carbocycles. The Kier molecular flexibility index (Phi) is 13.9. The van der Waals surface area contributed by atoms with Crippen LogP contribution in [0.2, 0.25) is 0 Å². The molecule has 0 radical (unpaired) electrons. The molecule has 0 aromatic heterocycles. The number of carbonyl (C=O) groups is 3. The number of ketones is 1. The molecule has 6 rings (SSSR count). The highest BCUT2D eigenvalue weighted by atomic mass is 16.7. The van der Waals surface area contributed by atoms with E-state index in [1.54, 1.807) is 39.8 Å². The van der Waals surface area contributed by atoms with Gasteiger partial charge in [0.2, 0.25) is 0 Å². The lowest BCUT2D eigenvalue weighted by Gasteiger charge is -2.38. The van der Waals surface area contributed by atoms with Gasteiger partial charge in [-0.15, -0.1) is 0 Å². The number of likely N-dealkylation sites (N-methyl/N-ethyl adjacent to an activating group) is 1. The van der Waals surface area contributed by atoms with Crippen molar-refractivity contribution in [1.29, 1.82) is 0 Å². The van der Waals surface area contributed by atoms with Gasteiger partial charge in [0.1, 0.15) is 23.4 Å². The van der Waals surface area contributed by atoms with Gasteiger partial charge in [-0.3, -0.25) is 19.4 Å². The maximum absolute atomic E-state index is 14.4. The summed E-state index contributed by atoms with van der Waals surface area (Å²) in [7, 11) is 3.26. The Hall–Kier alpha value is -5.20. The van der Waals surface area contributed by atoms with Gasteiger partial charge in [0.05, 0.1) is 59.5 Å². The number of nitrogens with one attached hydrogen (secondary N) is 1. The van der Waals surface area contributed by atoms with Crippen LogP contribution in [0.25, 0.3) is 10.8 Å². The Bertz CT molecular complexity index is 2120. The van der Waals surface area contributed by atoms with Crippen molar-refractivity contribution in [2.24, 2.45) is 28.8 Å². The second-order valence-corrected chi connectivity index (χ2v) is 16.3. The highest BCUT2D eigenvalue weighted by Crippen LogP contribution is 2.55. The van der Waals surface area contributed by atoms with Gasteiger partial charge in [0.15, 0.2) is 12.0 Å². The summed E-state index contributed by atoms with van der Waals surface area (Å²) in [4.78, 5) is 42.4. The van der Waals surface area contributed by atoms with E-state index >= 15 is 0 Å². The van der Waals surface area contributed by atoms with E-state index in [0.717, 1.165) is 6.21 Å². The maximum Gasteiger partial charge on any atom is 0.312 e. The van der Waals surface area contributed by atoms with Crippen molar-refractivity contribution in [3.05, 3.63) is 52.8 Å². The number of hydrogen-bond donors (Lipinski definition) is 7. The summed E-state index contributed by atoms with van der Waals surface area (Å²) < 4.78 is 23.5. The third-order valence-electron chi connectivity index (χ3n) is 11.9. The number of anilines is 1. The minimum absolute atomic E-state index is 0.0218. The van der Waals surface area contributed by atoms with E-state index in [9.17, 15) is 45.0 Å². The molecule has 5 bridgehead atoms. The third kappa shape index (κ3) is 8.81. The van der Waals surface area contributed by atoms with Crippen LogP contribution >= 0.6 is 0 Å². The van der Waals surface area contributed by atoms with Crippen molar-refractivity contribution in [3.8, 4) is 23.0 Å². The summed E-state index contributed by atoms with van der Waals surface area (Å²) in [6.45, 7) is 13.5. The van der Waals surface area contributed by atoms with Crippen molar-refractivity contribution in [3.63, 3.8) is 0 Å². The van der Waals surface area contributed by atoms with Gasteiger partial charge in [-0.05, 0) is 27.0 Å². The number of fused-ring (bicyclic) bond motifs is 14. The number of methoxy groups -OCH3 is 1. The van der Waals surface area contributed by atoms with Crippen molar-refractivity contribution < 1.29 is 64.0 Å². The highest BCUT2D eigenvalue weighted by Gasteiger charge is 2.50. The Balaban J connectivity index is 1.71. The number of Topliss-reactive ketones (excluding diaryl/α,β-unsaturated/α-hetero) is 1. The number of hydrogen-bond acceptors (Lipinski definition) is 16. The lowest BCUT2D eigenvalue weighted by Crippen LogP contribution is -2.49. The second kappa shape index (κ2) is 18.2. The molecular weight excluding hydrogens is 780 g/mol. The number of amides is 1. The third-order valence-corrected chi connectivity index (χ3v) is 11.9. The average Bonchev–Trinajstić information content (AvgIpc) is 3.46. The zero-order chi connectivity index (χ0) is 44.5.